The van der Waals surface area contributed by atoms with Gasteiger partial charge in [0, 0.05) is 24.7 Å². The summed E-state index contributed by atoms with van der Waals surface area (Å²) in [5, 5.41) is 31.2. The molecule has 4 nitrogen and oxygen atoms in total. The molecule has 0 amide bonds. The Labute approximate surface area is 171 Å². The number of aliphatic hydroxyl groups is 3. The number of unbranched alkanes of at least 4 members (excludes halogenated alkanes) is 3. The number of carbonyl (C=O) groups is 1. The summed E-state index contributed by atoms with van der Waals surface area (Å²) in [7, 11) is 0. The van der Waals surface area contributed by atoms with Gasteiger partial charge in [0.25, 0.3) is 0 Å². The van der Waals surface area contributed by atoms with Crippen molar-refractivity contribution in [2.45, 2.75) is 103 Å². The lowest BCUT2D eigenvalue weighted by Gasteiger charge is -2.23. The average Bonchev–Trinajstić information content (AvgIpc) is 2.89. The summed E-state index contributed by atoms with van der Waals surface area (Å²) >= 11 is 0. The third kappa shape index (κ3) is 9.02. The Morgan fingerprint density at radius 3 is 2.50 bits per heavy atom. The van der Waals surface area contributed by atoms with E-state index >= 15 is 0 Å². The molecule has 0 saturated heterocycles. The molecule has 1 aliphatic rings. The number of allylic oxidation sites excluding steroid dienone is 2. The first-order valence-electron chi connectivity index (χ1n) is 11.1. The molecular formula is C24H42O4. The lowest BCUT2D eigenvalue weighted by Crippen LogP contribution is -2.24. The second-order valence-corrected chi connectivity index (χ2v) is 9.01. The Kier molecular flexibility index (Phi) is 11.2. The number of Topliss-reactive ketones (excluding diaryl/α,β-unsaturated/α-hetero) is 1. The predicted molar refractivity (Wildman–Crippen MR) is 115 cm³/mol. The maximum Gasteiger partial charge on any atom is 0.135 e. The van der Waals surface area contributed by atoms with E-state index in [0.717, 1.165) is 32.1 Å². The highest BCUT2D eigenvalue weighted by atomic mass is 16.3. The van der Waals surface area contributed by atoms with Gasteiger partial charge in [0.2, 0.25) is 0 Å². The molecule has 4 heteroatoms. The lowest BCUT2D eigenvalue weighted by molar-refractivity contribution is -0.121. The van der Waals surface area contributed by atoms with Crippen molar-refractivity contribution < 1.29 is 20.1 Å². The van der Waals surface area contributed by atoms with Crippen molar-refractivity contribution >= 4 is 5.78 Å². The second-order valence-electron chi connectivity index (χ2n) is 9.01. The minimum absolute atomic E-state index is 0.0359. The molecule has 0 aromatic rings. The molecule has 0 spiro atoms. The molecule has 5 atom stereocenters. The van der Waals surface area contributed by atoms with Gasteiger partial charge >= 0.3 is 0 Å². The van der Waals surface area contributed by atoms with Crippen molar-refractivity contribution in [2.75, 3.05) is 0 Å². The third-order valence-corrected chi connectivity index (χ3v) is 5.89. The van der Waals surface area contributed by atoms with Crippen molar-refractivity contribution in [1.82, 2.24) is 0 Å². The zero-order valence-electron chi connectivity index (χ0n) is 18.3. The van der Waals surface area contributed by atoms with Gasteiger partial charge in [-0.25, -0.2) is 0 Å². The average molecular weight is 395 g/mol. The van der Waals surface area contributed by atoms with Crippen LogP contribution in [0.25, 0.3) is 0 Å². The van der Waals surface area contributed by atoms with Gasteiger partial charge in [-0.15, -0.1) is 0 Å². The molecule has 1 fully saturated rings. The Morgan fingerprint density at radius 1 is 1.14 bits per heavy atom. The number of aliphatic hydroxyl groups excluding tert-OH is 2. The van der Waals surface area contributed by atoms with Crippen LogP contribution in [-0.2, 0) is 4.79 Å². The third-order valence-electron chi connectivity index (χ3n) is 5.89. The van der Waals surface area contributed by atoms with Gasteiger partial charge in [-0.05, 0) is 38.5 Å². The van der Waals surface area contributed by atoms with E-state index in [9.17, 15) is 20.1 Å². The van der Waals surface area contributed by atoms with Gasteiger partial charge in [0.1, 0.15) is 5.78 Å². The first-order chi connectivity index (χ1) is 13.2. The first-order valence-corrected chi connectivity index (χ1v) is 11.1. The molecule has 162 valence electrons. The van der Waals surface area contributed by atoms with Gasteiger partial charge in [0.15, 0.2) is 0 Å². The highest BCUT2D eigenvalue weighted by Gasteiger charge is 2.39. The summed E-state index contributed by atoms with van der Waals surface area (Å²) in [6, 6.07) is 0. The van der Waals surface area contributed by atoms with E-state index in [1.807, 2.05) is 32.9 Å². The predicted octanol–water partition coefficient (Wildman–Crippen LogP) is 4.57. The molecule has 3 N–H and O–H groups in total. The summed E-state index contributed by atoms with van der Waals surface area (Å²) in [5.41, 5.74) is -0.869. The van der Waals surface area contributed by atoms with Gasteiger partial charge in [-0.3, -0.25) is 4.79 Å². The molecule has 1 unspecified atom stereocenters. The van der Waals surface area contributed by atoms with Crippen LogP contribution < -0.4 is 0 Å². The fourth-order valence-corrected chi connectivity index (χ4v) is 3.90. The van der Waals surface area contributed by atoms with Crippen LogP contribution in [0.3, 0.4) is 0 Å². The van der Waals surface area contributed by atoms with Crippen LogP contribution in [0.15, 0.2) is 24.3 Å². The SMILES string of the molecule is CCCCCC(C)(O)/C=C/[C@@H]1[C@@H](C/C=C\CCCC(=O)C(C)C)[C@@H](O)C[C@H]1O. The van der Waals surface area contributed by atoms with Crippen LogP contribution in [0.5, 0.6) is 0 Å². The molecule has 28 heavy (non-hydrogen) atoms. The summed E-state index contributed by atoms with van der Waals surface area (Å²) in [6.07, 6.45) is 14.1. The number of carbonyl (C=O) groups excluding carboxylic acids is 1. The van der Waals surface area contributed by atoms with Crippen LogP contribution in [0.2, 0.25) is 0 Å². The van der Waals surface area contributed by atoms with Crippen LogP contribution in [0.1, 0.15) is 85.5 Å². The van der Waals surface area contributed by atoms with E-state index in [1.165, 1.54) is 0 Å². The van der Waals surface area contributed by atoms with Crippen molar-refractivity contribution in [3.05, 3.63) is 24.3 Å². The maximum absolute atomic E-state index is 11.6. The van der Waals surface area contributed by atoms with Gasteiger partial charge < -0.3 is 15.3 Å². The summed E-state index contributed by atoms with van der Waals surface area (Å²) in [4.78, 5) is 11.6. The molecule has 1 saturated carbocycles. The van der Waals surface area contributed by atoms with Crippen molar-refractivity contribution in [2.24, 2.45) is 17.8 Å². The molecule has 0 bridgehead atoms. The van der Waals surface area contributed by atoms with E-state index in [4.69, 9.17) is 0 Å². The molecule has 0 radical (unpaired) electrons. The largest absolute Gasteiger partial charge is 0.393 e. The van der Waals surface area contributed by atoms with Crippen LogP contribution >= 0.6 is 0 Å². The van der Waals surface area contributed by atoms with E-state index < -0.39 is 17.8 Å². The second kappa shape index (κ2) is 12.6. The molecule has 0 aliphatic heterocycles. The Balaban J connectivity index is 2.53. The zero-order valence-corrected chi connectivity index (χ0v) is 18.3. The molecule has 1 aliphatic carbocycles. The van der Waals surface area contributed by atoms with Gasteiger partial charge in [-0.2, -0.15) is 0 Å². The number of rotatable bonds is 13. The van der Waals surface area contributed by atoms with Crippen molar-refractivity contribution in [1.29, 1.82) is 0 Å². The highest BCUT2D eigenvalue weighted by Crippen LogP contribution is 2.37. The van der Waals surface area contributed by atoms with Crippen LogP contribution in [-0.4, -0.2) is 38.9 Å². The highest BCUT2D eigenvalue weighted by molar-refractivity contribution is 5.80. The summed E-state index contributed by atoms with van der Waals surface area (Å²) in [5.74, 6) is 0.232. The molecule has 0 aromatic carbocycles. The quantitative estimate of drug-likeness (QED) is 0.316. The van der Waals surface area contributed by atoms with E-state index in [1.54, 1.807) is 0 Å². The fourth-order valence-electron chi connectivity index (χ4n) is 3.90. The van der Waals surface area contributed by atoms with Gasteiger partial charge in [0.05, 0.1) is 17.8 Å². The monoisotopic (exact) mass is 394 g/mol. The van der Waals surface area contributed by atoms with E-state index in [-0.39, 0.29) is 17.8 Å². The smallest absolute Gasteiger partial charge is 0.135 e. The minimum atomic E-state index is -0.869. The first kappa shape index (κ1) is 25.1. The van der Waals surface area contributed by atoms with Crippen molar-refractivity contribution in [3.63, 3.8) is 0 Å². The minimum Gasteiger partial charge on any atom is -0.393 e. The maximum atomic E-state index is 11.6. The molecule has 0 aromatic heterocycles. The fraction of sp³-hybridized carbons (Fsp3) is 0.792. The summed E-state index contributed by atoms with van der Waals surface area (Å²) < 4.78 is 0. The van der Waals surface area contributed by atoms with Gasteiger partial charge in [-0.1, -0.05) is 64.3 Å². The molecule has 1 rings (SSSR count). The van der Waals surface area contributed by atoms with Crippen molar-refractivity contribution in [3.8, 4) is 0 Å². The summed E-state index contributed by atoms with van der Waals surface area (Å²) in [6.45, 7) is 7.81. The standard InChI is InChI=1S/C24H42O4/c1-5-6-11-15-24(4,28)16-14-20-19(22(26)17-23(20)27)12-9-7-8-10-13-21(25)18(2)3/h7,9,14,16,18-20,22-23,26-28H,5-6,8,10-13,15,17H2,1-4H3/b9-7-,16-14+/t19-,20-,22+,23-,24?/m1/s1. The van der Waals surface area contributed by atoms with Crippen LogP contribution in [0, 0.1) is 17.8 Å². The molecule has 0 heterocycles. The topological polar surface area (TPSA) is 77.8 Å². The Bertz CT molecular complexity index is 507. The Morgan fingerprint density at radius 2 is 1.86 bits per heavy atom. The normalized spacial score (nSPS) is 27.9. The van der Waals surface area contributed by atoms with Crippen LogP contribution in [0.4, 0.5) is 0 Å². The molecular weight excluding hydrogens is 352 g/mol. The number of hydrogen-bond donors (Lipinski definition) is 3. The number of hydrogen-bond acceptors (Lipinski definition) is 4. The van der Waals surface area contributed by atoms with E-state index in [0.29, 0.717) is 31.5 Å². The number of ketones is 1. The zero-order chi connectivity index (χ0) is 21.2. The lowest BCUT2D eigenvalue weighted by atomic mass is 9.88. The Hall–Kier alpha value is -0.970. The van der Waals surface area contributed by atoms with E-state index in [2.05, 4.69) is 19.1 Å².